The van der Waals surface area contributed by atoms with Gasteiger partial charge in [-0.25, -0.2) is 17.9 Å². The van der Waals surface area contributed by atoms with Gasteiger partial charge in [0, 0.05) is 42.3 Å². The van der Waals surface area contributed by atoms with E-state index in [4.69, 9.17) is 27.9 Å². The van der Waals surface area contributed by atoms with Crippen LogP contribution in [0, 0.1) is 6.92 Å². The minimum Gasteiger partial charge on any atom is -0.490 e. The lowest BCUT2D eigenvalue weighted by Gasteiger charge is -2.41. The average Bonchev–Trinajstić information content (AvgIpc) is 2.81. The fraction of sp³-hybridized carbons (Fsp3) is 0.458. The number of nitrogens with one attached hydrogen (secondary N) is 1. The summed E-state index contributed by atoms with van der Waals surface area (Å²) in [7, 11) is -3.93. The van der Waals surface area contributed by atoms with Gasteiger partial charge in [-0.1, -0.05) is 23.2 Å². The summed E-state index contributed by atoms with van der Waals surface area (Å²) >= 11 is 11.9. The number of urea groups is 1. The molecule has 0 aliphatic carbocycles. The number of piperidine rings is 2. The first-order chi connectivity index (χ1) is 16.2. The fourth-order valence-electron chi connectivity index (χ4n) is 4.57. The smallest absolute Gasteiger partial charge is 0.331 e. The summed E-state index contributed by atoms with van der Waals surface area (Å²) in [4.78, 5) is 16.6. The highest BCUT2D eigenvalue weighted by Crippen LogP contribution is 2.27. The minimum atomic E-state index is -3.93. The number of aryl methyl sites for hydroxylation is 1. The van der Waals surface area contributed by atoms with Crippen LogP contribution in [0.4, 0.5) is 4.79 Å². The standard InChI is InChI=1S/C24H29Cl2N3O4S/c1-17-16-19(26)4-7-23(17)33-21-10-14-28(15-11-21)20-8-12-29(13-9-20)24(30)27-34(31,32)22-5-2-18(25)3-6-22/h2-7,16,20-21H,8-15H2,1H3,(H,27,30). The van der Waals surface area contributed by atoms with Gasteiger partial charge in [0.15, 0.2) is 0 Å². The summed E-state index contributed by atoms with van der Waals surface area (Å²) in [6, 6.07) is 11.2. The molecule has 0 atom stereocenters. The van der Waals surface area contributed by atoms with Crippen molar-refractivity contribution in [3.8, 4) is 5.75 Å². The number of rotatable bonds is 5. The Balaban J connectivity index is 1.23. The number of amides is 2. The molecule has 0 saturated carbocycles. The minimum absolute atomic E-state index is 0.0130. The molecule has 2 fully saturated rings. The number of halogens is 2. The Morgan fingerprint density at radius 1 is 0.941 bits per heavy atom. The number of carbonyl (C=O) groups excluding carboxylic acids is 1. The Labute approximate surface area is 211 Å². The van der Waals surface area contributed by atoms with E-state index in [1.807, 2.05) is 25.1 Å². The highest BCUT2D eigenvalue weighted by atomic mass is 35.5. The molecule has 7 nitrogen and oxygen atoms in total. The van der Waals surface area contributed by atoms with Gasteiger partial charge in [0.2, 0.25) is 0 Å². The van der Waals surface area contributed by atoms with Crippen LogP contribution in [-0.2, 0) is 10.0 Å². The van der Waals surface area contributed by atoms with Gasteiger partial charge in [-0.2, -0.15) is 0 Å². The van der Waals surface area contributed by atoms with E-state index >= 15 is 0 Å². The number of nitrogens with zero attached hydrogens (tertiary/aromatic N) is 2. The van der Waals surface area contributed by atoms with Crippen LogP contribution < -0.4 is 9.46 Å². The van der Waals surface area contributed by atoms with Crippen molar-refractivity contribution in [3.63, 3.8) is 0 Å². The molecule has 0 bridgehead atoms. The van der Waals surface area contributed by atoms with Crippen LogP contribution in [0.2, 0.25) is 10.0 Å². The molecule has 1 N–H and O–H groups in total. The van der Waals surface area contributed by atoms with Crippen LogP contribution >= 0.6 is 23.2 Å². The van der Waals surface area contributed by atoms with E-state index in [1.54, 1.807) is 4.90 Å². The third-order valence-electron chi connectivity index (χ3n) is 6.52. The van der Waals surface area contributed by atoms with Crippen molar-refractivity contribution < 1.29 is 17.9 Å². The first-order valence-electron chi connectivity index (χ1n) is 11.5. The lowest BCUT2D eigenvalue weighted by Crippen LogP contribution is -2.52. The number of hydrogen-bond donors (Lipinski definition) is 1. The van der Waals surface area contributed by atoms with Gasteiger partial charge in [-0.3, -0.25) is 4.90 Å². The number of carbonyl (C=O) groups is 1. The molecule has 0 unspecified atom stereocenters. The van der Waals surface area contributed by atoms with Crippen molar-refractivity contribution >= 4 is 39.3 Å². The topological polar surface area (TPSA) is 79.0 Å². The molecule has 2 aliphatic rings. The summed E-state index contributed by atoms with van der Waals surface area (Å²) in [6.07, 6.45) is 3.71. The van der Waals surface area contributed by atoms with E-state index in [-0.39, 0.29) is 11.0 Å². The van der Waals surface area contributed by atoms with Crippen LogP contribution in [0.3, 0.4) is 0 Å². The quantitative estimate of drug-likeness (QED) is 0.611. The van der Waals surface area contributed by atoms with Crippen LogP contribution in [0.1, 0.15) is 31.2 Å². The van der Waals surface area contributed by atoms with Gasteiger partial charge in [-0.15, -0.1) is 0 Å². The molecule has 2 aromatic rings. The number of likely N-dealkylation sites (tertiary alicyclic amines) is 2. The summed E-state index contributed by atoms with van der Waals surface area (Å²) in [5, 5.41) is 1.14. The molecule has 2 saturated heterocycles. The number of hydrogen-bond acceptors (Lipinski definition) is 5. The van der Waals surface area contributed by atoms with E-state index in [1.165, 1.54) is 24.3 Å². The lowest BCUT2D eigenvalue weighted by atomic mass is 9.99. The molecule has 2 aromatic carbocycles. The zero-order valence-electron chi connectivity index (χ0n) is 19.0. The number of ether oxygens (including phenoxy) is 1. The van der Waals surface area contributed by atoms with E-state index < -0.39 is 16.1 Å². The van der Waals surface area contributed by atoms with Crippen molar-refractivity contribution in [3.05, 3.63) is 58.1 Å². The SMILES string of the molecule is Cc1cc(Cl)ccc1OC1CCN(C2CCN(C(=O)NS(=O)(=O)c3ccc(Cl)cc3)CC2)CC1. The molecule has 10 heteroatoms. The molecular formula is C24H29Cl2N3O4S. The first kappa shape index (κ1) is 25.1. The summed E-state index contributed by atoms with van der Waals surface area (Å²) in [5.74, 6) is 0.885. The van der Waals surface area contributed by atoms with Crippen molar-refractivity contribution in [1.29, 1.82) is 0 Å². The monoisotopic (exact) mass is 525 g/mol. The highest BCUT2D eigenvalue weighted by molar-refractivity contribution is 7.90. The summed E-state index contributed by atoms with van der Waals surface area (Å²) in [6.45, 7) is 4.93. The summed E-state index contributed by atoms with van der Waals surface area (Å²) in [5.41, 5.74) is 1.04. The second kappa shape index (κ2) is 10.7. The van der Waals surface area contributed by atoms with E-state index in [0.29, 0.717) is 29.2 Å². The lowest BCUT2D eigenvalue weighted by molar-refractivity contribution is 0.0537. The maximum absolute atomic E-state index is 12.6. The third kappa shape index (κ3) is 6.16. The number of benzene rings is 2. The van der Waals surface area contributed by atoms with Crippen LogP contribution in [0.15, 0.2) is 47.4 Å². The Morgan fingerprint density at radius 3 is 2.18 bits per heavy atom. The van der Waals surface area contributed by atoms with Crippen molar-refractivity contribution in [1.82, 2.24) is 14.5 Å². The molecule has 2 aliphatic heterocycles. The van der Waals surface area contributed by atoms with E-state index in [9.17, 15) is 13.2 Å². The molecule has 34 heavy (non-hydrogen) atoms. The van der Waals surface area contributed by atoms with Crippen LogP contribution in [0.25, 0.3) is 0 Å². The van der Waals surface area contributed by atoms with Gasteiger partial charge < -0.3 is 9.64 Å². The molecule has 4 rings (SSSR count). The Bertz CT molecular complexity index is 1110. The zero-order chi connectivity index (χ0) is 24.3. The molecule has 0 radical (unpaired) electrons. The third-order valence-corrected chi connectivity index (χ3v) is 8.34. The second-order valence-corrected chi connectivity index (χ2v) is 11.4. The predicted molar refractivity (Wildman–Crippen MR) is 133 cm³/mol. The van der Waals surface area contributed by atoms with Crippen molar-refractivity contribution in [2.45, 2.75) is 49.6 Å². The van der Waals surface area contributed by atoms with Crippen molar-refractivity contribution in [2.75, 3.05) is 26.2 Å². The molecular weight excluding hydrogens is 497 g/mol. The Hall–Kier alpha value is -2.00. The fourth-order valence-corrected chi connectivity index (χ4v) is 5.89. The zero-order valence-corrected chi connectivity index (χ0v) is 21.4. The molecule has 0 spiro atoms. The van der Waals surface area contributed by atoms with Crippen molar-refractivity contribution in [2.24, 2.45) is 0 Å². The summed E-state index contributed by atoms with van der Waals surface area (Å²) < 4.78 is 33.3. The highest BCUT2D eigenvalue weighted by Gasteiger charge is 2.31. The molecule has 2 amide bonds. The Kier molecular flexibility index (Phi) is 7.92. The van der Waals surface area contributed by atoms with Gasteiger partial charge in [0.25, 0.3) is 10.0 Å². The van der Waals surface area contributed by atoms with Crippen LogP contribution in [-0.4, -0.2) is 62.6 Å². The van der Waals surface area contributed by atoms with Crippen LogP contribution in [0.5, 0.6) is 5.75 Å². The van der Waals surface area contributed by atoms with Gasteiger partial charge >= 0.3 is 6.03 Å². The first-order valence-corrected chi connectivity index (χ1v) is 13.7. The van der Waals surface area contributed by atoms with Gasteiger partial charge in [0.1, 0.15) is 11.9 Å². The van der Waals surface area contributed by atoms with Gasteiger partial charge in [0.05, 0.1) is 4.90 Å². The van der Waals surface area contributed by atoms with Gasteiger partial charge in [-0.05, 0) is 80.6 Å². The molecule has 184 valence electrons. The molecule has 2 heterocycles. The predicted octanol–water partition coefficient (Wildman–Crippen LogP) is 4.71. The molecule has 0 aromatic heterocycles. The maximum atomic E-state index is 12.6. The average molecular weight is 526 g/mol. The Morgan fingerprint density at radius 2 is 1.56 bits per heavy atom. The normalized spacial score (nSPS) is 18.6. The van der Waals surface area contributed by atoms with E-state index in [2.05, 4.69) is 9.62 Å². The number of sulfonamides is 1. The second-order valence-electron chi connectivity index (χ2n) is 8.85. The maximum Gasteiger partial charge on any atom is 0.331 e. The largest absolute Gasteiger partial charge is 0.490 e. The van der Waals surface area contributed by atoms with E-state index in [0.717, 1.165) is 50.1 Å².